The van der Waals surface area contributed by atoms with Crippen LogP contribution in [0, 0.1) is 0 Å². The van der Waals surface area contributed by atoms with E-state index in [4.69, 9.17) is 4.74 Å². The topological polar surface area (TPSA) is 75.7 Å². The van der Waals surface area contributed by atoms with Gasteiger partial charge in [0.05, 0.1) is 12.4 Å². The number of para-hydroxylation sites is 1. The summed E-state index contributed by atoms with van der Waals surface area (Å²) >= 11 is 1.24. The van der Waals surface area contributed by atoms with Crippen molar-refractivity contribution in [3.05, 3.63) is 29.8 Å². The van der Waals surface area contributed by atoms with Crippen LogP contribution in [-0.2, 0) is 24.0 Å². The zero-order valence-electron chi connectivity index (χ0n) is 11.4. The number of esters is 1. The van der Waals surface area contributed by atoms with Crippen molar-refractivity contribution in [2.45, 2.75) is 11.8 Å². The lowest BCUT2D eigenvalue weighted by molar-refractivity contribution is -0.151. The number of carbonyl (C=O) groups excluding carboxylic acids is 3. The number of nitrogens with zero attached hydrogens (tertiary/aromatic N) is 1. The van der Waals surface area contributed by atoms with E-state index in [9.17, 15) is 14.4 Å². The molecule has 1 saturated heterocycles. The summed E-state index contributed by atoms with van der Waals surface area (Å²) in [6, 6.07) is 7.22. The number of hydrogen-bond acceptors (Lipinski definition) is 5. The molecule has 1 spiro atoms. The molecule has 110 valence electrons. The lowest BCUT2D eigenvalue weighted by atomic mass is 10.1. The summed E-state index contributed by atoms with van der Waals surface area (Å²) in [5.41, 5.74) is 1.40. The third-order valence-electron chi connectivity index (χ3n) is 3.53. The summed E-state index contributed by atoms with van der Waals surface area (Å²) < 4.78 is 4.90. The van der Waals surface area contributed by atoms with Gasteiger partial charge in [-0.1, -0.05) is 18.2 Å². The highest BCUT2D eigenvalue weighted by atomic mass is 32.2. The molecule has 2 heterocycles. The second-order valence-corrected chi connectivity index (χ2v) is 5.89. The SMILES string of the molecule is CCOC(=O)CN1C(=O)CS[C@@]12C(=O)Nc1ccccc12. The molecule has 2 amide bonds. The average molecular weight is 306 g/mol. The van der Waals surface area contributed by atoms with Crippen LogP contribution in [-0.4, -0.2) is 41.6 Å². The summed E-state index contributed by atoms with van der Waals surface area (Å²) in [6.07, 6.45) is 0. The van der Waals surface area contributed by atoms with Crippen molar-refractivity contribution in [2.24, 2.45) is 0 Å². The van der Waals surface area contributed by atoms with Gasteiger partial charge in [0.2, 0.25) is 5.91 Å². The molecule has 3 rings (SSSR count). The van der Waals surface area contributed by atoms with Crippen LogP contribution in [0.25, 0.3) is 0 Å². The molecular formula is C14H14N2O4S. The average Bonchev–Trinajstić information content (AvgIpc) is 2.93. The molecule has 2 aliphatic heterocycles. The fourth-order valence-electron chi connectivity index (χ4n) is 2.66. The van der Waals surface area contributed by atoms with Gasteiger partial charge in [-0.3, -0.25) is 14.4 Å². The van der Waals surface area contributed by atoms with Gasteiger partial charge in [-0.2, -0.15) is 0 Å². The summed E-state index contributed by atoms with van der Waals surface area (Å²) in [5, 5.41) is 2.78. The zero-order chi connectivity index (χ0) is 15.0. The van der Waals surface area contributed by atoms with Crippen LogP contribution in [0.3, 0.4) is 0 Å². The highest BCUT2D eigenvalue weighted by molar-refractivity contribution is 8.02. The third-order valence-corrected chi connectivity index (χ3v) is 4.96. The number of amides is 2. The van der Waals surface area contributed by atoms with Crippen LogP contribution in [0.2, 0.25) is 0 Å². The Morgan fingerprint density at radius 2 is 2.19 bits per heavy atom. The van der Waals surface area contributed by atoms with Gasteiger partial charge in [-0.05, 0) is 13.0 Å². The minimum absolute atomic E-state index is 0.168. The Morgan fingerprint density at radius 3 is 2.95 bits per heavy atom. The van der Waals surface area contributed by atoms with Crippen molar-refractivity contribution in [1.82, 2.24) is 4.90 Å². The van der Waals surface area contributed by atoms with Crippen molar-refractivity contribution in [2.75, 3.05) is 24.2 Å². The summed E-state index contributed by atoms with van der Waals surface area (Å²) in [6.45, 7) is 1.72. The van der Waals surface area contributed by atoms with Crippen LogP contribution in [0.15, 0.2) is 24.3 Å². The predicted molar refractivity (Wildman–Crippen MR) is 77.6 cm³/mol. The van der Waals surface area contributed by atoms with Crippen molar-refractivity contribution in [1.29, 1.82) is 0 Å². The van der Waals surface area contributed by atoms with Crippen molar-refractivity contribution >= 4 is 35.2 Å². The van der Waals surface area contributed by atoms with E-state index in [1.165, 1.54) is 16.7 Å². The van der Waals surface area contributed by atoms with Crippen LogP contribution in [0.5, 0.6) is 0 Å². The first-order valence-corrected chi connectivity index (χ1v) is 7.59. The number of nitrogens with one attached hydrogen (secondary N) is 1. The lowest BCUT2D eigenvalue weighted by Crippen LogP contribution is -2.49. The molecule has 0 unspecified atom stereocenters. The van der Waals surface area contributed by atoms with Crippen molar-refractivity contribution < 1.29 is 19.1 Å². The number of fused-ring (bicyclic) bond motifs is 2. The molecule has 1 aromatic carbocycles. The Kier molecular flexibility index (Phi) is 3.36. The molecule has 0 saturated carbocycles. The Balaban J connectivity index is 2.01. The summed E-state index contributed by atoms with van der Waals surface area (Å²) in [4.78, 5) is 36.5. The molecule has 0 radical (unpaired) electrons. The molecule has 0 aliphatic carbocycles. The maximum absolute atomic E-state index is 12.5. The van der Waals surface area contributed by atoms with Gasteiger partial charge in [0.25, 0.3) is 5.91 Å². The number of hydrogen-bond donors (Lipinski definition) is 1. The lowest BCUT2D eigenvalue weighted by Gasteiger charge is -2.31. The van der Waals surface area contributed by atoms with E-state index in [2.05, 4.69) is 5.32 Å². The smallest absolute Gasteiger partial charge is 0.325 e. The normalized spacial score (nSPS) is 23.4. The van der Waals surface area contributed by atoms with E-state index in [1.807, 2.05) is 12.1 Å². The highest BCUT2D eigenvalue weighted by Gasteiger charge is 2.58. The van der Waals surface area contributed by atoms with Gasteiger partial charge in [0.1, 0.15) is 6.54 Å². The molecule has 1 atom stereocenters. The van der Waals surface area contributed by atoms with Crippen molar-refractivity contribution in [3.8, 4) is 0 Å². The Hall–Kier alpha value is -2.02. The molecule has 6 nitrogen and oxygen atoms in total. The van der Waals surface area contributed by atoms with E-state index < -0.39 is 10.8 Å². The fraction of sp³-hybridized carbons (Fsp3) is 0.357. The largest absolute Gasteiger partial charge is 0.465 e. The van der Waals surface area contributed by atoms with Crippen LogP contribution in [0.4, 0.5) is 5.69 Å². The second kappa shape index (κ2) is 5.07. The standard InChI is InChI=1S/C14H14N2O4S/c1-2-20-12(18)7-16-11(17)8-21-14(16)9-5-3-4-6-10(9)15-13(14)19/h3-6H,2,7-8H2,1H3,(H,15,19)/t14-/m0/s1. The Morgan fingerprint density at radius 1 is 1.43 bits per heavy atom. The van der Waals surface area contributed by atoms with Gasteiger partial charge in [0.15, 0.2) is 4.87 Å². The minimum Gasteiger partial charge on any atom is -0.465 e. The van der Waals surface area contributed by atoms with Crippen LogP contribution < -0.4 is 5.32 Å². The van der Waals surface area contributed by atoms with Gasteiger partial charge in [0, 0.05) is 11.3 Å². The number of ether oxygens (including phenoxy) is 1. The first kappa shape index (κ1) is 13.9. The van der Waals surface area contributed by atoms with E-state index >= 15 is 0 Å². The molecule has 1 N–H and O–H groups in total. The number of carbonyl (C=O) groups is 3. The molecule has 0 bridgehead atoms. The number of benzene rings is 1. The summed E-state index contributed by atoms with van der Waals surface area (Å²) in [7, 11) is 0. The van der Waals surface area contributed by atoms with E-state index in [0.29, 0.717) is 5.69 Å². The quantitative estimate of drug-likeness (QED) is 0.841. The van der Waals surface area contributed by atoms with Gasteiger partial charge < -0.3 is 15.0 Å². The van der Waals surface area contributed by atoms with Gasteiger partial charge in [-0.15, -0.1) is 11.8 Å². The summed E-state index contributed by atoms with van der Waals surface area (Å²) in [5.74, 6) is -0.866. The van der Waals surface area contributed by atoms with E-state index in [1.54, 1.807) is 19.1 Å². The van der Waals surface area contributed by atoms with Gasteiger partial charge >= 0.3 is 5.97 Å². The minimum atomic E-state index is -1.15. The van der Waals surface area contributed by atoms with Crippen LogP contribution >= 0.6 is 11.8 Å². The first-order chi connectivity index (χ1) is 10.1. The molecule has 2 aliphatic rings. The maximum atomic E-state index is 12.5. The Bertz CT molecular complexity index is 633. The van der Waals surface area contributed by atoms with E-state index in [0.717, 1.165) is 5.56 Å². The maximum Gasteiger partial charge on any atom is 0.325 e. The number of rotatable bonds is 3. The molecule has 7 heteroatoms. The van der Waals surface area contributed by atoms with Gasteiger partial charge in [-0.25, -0.2) is 0 Å². The number of thioether (sulfide) groups is 1. The monoisotopic (exact) mass is 306 g/mol. The molecular weight excluding hydrogens is 292 g/mol. The second-order valence-electron chi connectivity index (χ2n) is 4.72. The Labute approximate surface area is 125 Å². The third kappa shape index (κ3) is 1.99. The molecule has 1 fully saturated rings. The first-order valence-electron chi connectivity index (χ1n) is 6.60. The highest BCUT2D eigenvalue weighted by Crippen LogP contribution is 2.51. The van der Waals surface area contributed by atoms with Crippen molar-refractivity contribution in [3.63, 3.8) is 0 Å². The molecule has 21 heavy (non-hydrogen) atoms. The number of anilines is 1. The molecule has 1 aromatic rings. The zero-order valence-corrected chi connectivity index (χ0v) is 12.2. The van der Waals surface area contributed by atoms with E-state index in [-0.39, 0.29) is 30.7 Å². The van der Waals surface area contributed by atoms with Crippen LogP contribution in [0.1, 0.15) is 12.5 Å². The fourth-order valence-corrected chi connectivity index (χ4v) is 3.99. The molecule has 0 aromatic heterocycles. The predicted octanol–water partition coefficient (Wildman–Crippen LogP) is 0.930.